The standard InChI is InChI=1S/C23H30F3N5O/c1-27-22(28-12-3-5-14-31-13-4-2-6-21(31)32)29-20-11-15-30(17-20)16-18-7-9-19(10-8-18)23(24,25)26/h2,4,6-10,13,20H,3,5,11-12,14-17H2,1H3,(H2,27,28,29). The third-order valence-electron chi connectivity index (χ3n) is 5.54. The van der Waals surface area contributed by atoms with Gasteiger partial charge in [-0.2, -0.15) is 13.2 Å². The van der Waals surface area contributed by atoms with Crippen LogP contribution in [0.3, 0.4) is 0 Å². The topological polar surface area (TPSA) is 61.7 Å². The Hall–Kier alpha value is -2.81. The second-order valence-corrected chi connectivity index (χ2v) is 8.00. The summed E-state index contributed by atoms with van der Waals surface area (Å²) in [5.74, 6) is 0.739. The molecule has 2 heterocycles. The molecule has 0 amide bonds. The van der Waals surface area contributed by atoms with E-state index in [-0.39, 0.29) is 11.6 Å². The van der Waals surface area contributed by atoms with Crippen LogP contribution in [0.15, 0.2) is 58.4 Å². The van der Waals surface area contributed by atoms with Crippen LogP contribution in [0.4, 0.5) is 13.2 Å². The quantitative estimate of drug-likeness (QED) is 0.369. The van der Waals surface area contributed by atoms with Crippen LogP contribution in [0.1, 0.15) is 30.4 Å². The predicted octanol–water partition coefficient (Wildman–Crippen LogP) is 3.09. The van der Waals surface area contributed by atoms with Gasteiger partial charge in [-0.05, 0) is 43.0 Å². The molecule has 9 heteroatoms. The molecule has 1 unspecified atom stereocenters. The summed E-state index contributed by atoms with van der Waals surface area (Å²) in [7, 11) is 1.73. The summed E-state index contributed by atoms with van der Waals surface area (Å²) in [5, 5.41) is 6.73. The van der Waals surface area contributed by atoms with Gasteiger partial charge in [0.15, 0.2) is 5.96 Å². The van der Waals surface area contributed by atoms with Crippen molar-refractivity contribution in [3.63, 3.8) is 0 Å². The number of alkyl halides is 3. The number of nitrogens with zero attached hydrogens (tertiary/aromatic N) is 3. The number of pyridine rings is 1. The number of rotatable bonds is 8. The highest BCUT2D eigenvalue weighted by Crippen LogP contribution is 2.29. The Morgan fingerprint density at radius 2 is 1.94 bits per heavy atom. The number of nitrogens with one attached hydrogen (secondary N) is 2. The number of aryl methyl sites for hydroxylation is 1. The Morgan fingerprint density at radius 3 is 2.62 bits per heavy atom. The molecular weight excluding hydrogens is 419 g/mol. The minimum Gasteiger partial charge on any atom is -0.356 e. The van der Waals surface area contributed by atoms with Crippen LogP contribution in [0.25, 0.3) is 0 Å². The fraction of sp³-hybridized carbons (Fsp3) is 0.478. The lowest BCUT2D eigenvalue weighted by molar-refractivity contribution is -0.137. The maximum Gasteiger partial charge on any atom is 0.416 e. The number of hydrogen-bond donors (Lipinski definition) is 2. The zero-order valence-corrected chi connectivity index (χ0v) is 18.2. The summed E-state index contributed by atoms with van der Waals surface area (Å²) < 4.78 is 39.8. The highest BCUT2D eigenvalue weighted by molar-refractivity contribution is 5.79. The molecule has 0 spiro atoms. The van der Waals surface area contributed by atoms with Gasteiger partial charge >= 0.3 is 6.18 Å². The number of aliphatic imine (C=N–C) groups is 1. The van der Waals surface area contributed by atoms with Gasteiger partial charge in [0.2, 0.25) is 5.56 Å². The van der Waals surface area contributed by atoms with Crippen molar-refractivity contribution in [1.82, 2.24) is 20.1 Å². The van der Waals surface area contributed by atoms with Crippen LogP contribution < -0.4 is 16.2 Å². The molecule has 2 N–H and O–H groups in total. The van der Waals surface area contributed by atoms with Gasteiger partial charge in [0, 0.05) is 58.1 Å². The average molecular weight is 450 g/mol. The lowest BCUT2D eigenvalue weighted by Crippen LogP contribution is -2.44. The van der Waals surface area contributed by atoms with E-state index in [0.717, 1.165) is 62.6 Å². The Balaban J connectivity index is 1.36. The van der Waals surface area contributed by atoms with E-state index in [0.29, 0.717) is 13.1 Å². The van der Waals surface area contributed by atoms with Gasteiger partial charge < -0.3 is 15.2 Å². The molecule has 0 bridgehead atoms. The molecule has 174 valence electrons. The third kappa shape index (κ3) is 7.12. The van der Waals surface area contributed by atoms with E-state index in [1.807, 2.05) is 6.07 Å². The first-order valence-electron chi connectivity index (χ1n) is 10.9. The molecule has 1 saturated heterocycles. The van der Waals surface area contributed by atoms with Crippen LogP contribution in [0.2, 0.25) is 0 Å². The van der Waals surface area contributed by atoms with E-state index < -0.39 is 11.7 Å². The summed E-state index contributed by atoms with van der Waals surface area (Å²) in [6.45, 7) is 3.75. The highest BCUT2D eigenvalue weighted by atomic mass is 19.4. The van der Waals surface area contributed by atoms with Crippen LogP contribution in [-0.2, 0) is 19.3 Å². The molecule has 6 nitrogen and oxygen atoms in total. The Kier molecular flexibility index (Phi) is 8.33. The van der Waals surface area contributed by atoms with Gasteiger partial charge in [0.1, 0.15) is 0 Å². The minimum absolute atomic E-state index is 0.0139. The minimum atomic E-state index is -4.30. The van der Waals surface area contributed by atoms with Crippen LogP contribution in [-0.4, -0.2) is 48.2 Å². The van der Waals surface area contributed by atoms with E-state index >= 15 is 0 Å². The molecular formula is C23H30F3N5O. The van der Waals surface area contributed by atoms with Crippen molar-refractivity contribution >= 4 is 5.96 Å². The number of benzene rings is 1. The van der Waals surface area contributed by atoms with E-state index in [4.69, 9.17) is 0 Å². The fourth-order valence-corrected chi connectivity index (χ4v) is 3.80. The Bertz CT molecular complexity index is 940. The summed E-state index contributed by atoms with van der Waals surface area (Å²) in [6, 6.07) is 10.8. The summed E-state index contributed by atoms with van der Waals surface area (Å²) in [5.41, 5.74) is 0.270. The van der Waals surface area contributed by atoms with Crippen molar-refractivity contribution in [2.75, 3.05) is 26.7 Å². The zero-order valence-electron chi connectivity index (χ0n) is 18.2. The zero-order chi connectivity index (χ0) is 23.0. The van der Waals surface area contributed by atoms with E-state index in [9.17, 15) is 18.0 Å². The molecule has 1 aliphatic rings. The second kappa shape index (κ2) is 11.2. The highest BCUT2D eigenvalue weighted by Gasteiger charge is 2.30. The average Bonchev–Trinajstić information content (AvgIpc) is 3.20. The smallest absolute Gasteiger partial charge is 0.356 e. The van der Waals surface area contributed by atoms with Gasteiger partial charge in [-0.25, -0.2) is 0 Å². The first-order chi connectivity index (χ1) is 15.3. The van der Waals surface area contributed by atoms with Crippen LogP contribution in [0.5, 0.6) is 0 Å². The fourth-order valence-electron chi connectivity index (χ4n) is 3.80. The molecule has 0 radical (unpaired) electrons. The number of likely N-dealkylation sites (tertiary alicyclic amines) is 1. The lowest BCUT2D eigenvalue weighted by Gasteiger charge is -2.19. The van der Waals surface area contributed by atoms with Gasteiger partial charge in [0.25, 0.3) is 0 Å². The third-order valence-corrected chi connectivity index (χ3v) is 5.54. The Morgan fingerprint density at radius 1 is 1.16 bits per heavy atom. The summed E-state index contributed by atoms with van der Waals surface area (Å²) >= 11 is 0. The lowest BCUT2D eigenvalue weighted by atomic mass is 10.1. The van der Waals surface area contributed by atoms with Crippen molar-refractivity contribution in [2.24, 2.45) is 4.99 Å². The number of guanidine groups is 1. The van der Waals surface area contributed by atoms with Gasteiger partial charge in [-0.3, -0.25) is 14.7 Å². The maximum absolute atomic E-state index is 12.7. The number of hydrogen-bond acceptors (Lipinski definition) is 3. The number of unbranched alkanes of at least 4 members (excludes halogenated alkanes) is 1. The van der Waals surface area contributed by atoms with Crippen molar-refractivity contribution in [1.29, 1.82) is 0 Å². The molecule has 1 aliphatic heterocycles. The molecule has 1 aromatic heterocycles. The van der Waals surface area contributed by atoms with Gasteiger partial charge in [-0.1, -0.05) is 18.2 Å². The van der Waals surface area contributed by atoms with Gasteiger partial charge in [-0.15, -0.1) is 0 Å². The van der Waals surface area contributed by atoms with E-state index in [1.54, 1.807) is 42.1 Å². The first-order valence-corrected chi connectivity index (χ1v) is 10.9. The van der Waals surface area contributed by atoms with Crippen molar-refractivity contribution in [2.45, 2.75) is 44.6 Å². The monoisotopic (exact) mass is 449 g/mol. The maximum atomic E-state index is 12.7. The van der Waals surface area contributed by atoms with Crippen molar-refractivity contribution < 1.29 is 13.2 Å². The van der Waals surface area contributed by atoms with Crippen LogP contribution >= 0.6 is 0 Å². The summed E-state index contributed by atoms with van der Waals surface area (Å²) in [6.07, 6.45) is 0.236. The predicted molar refractivity (Wildman–Crippen MR) is 120 cm³/mol. The molecule has 1 aromatic carbocycles. The van der Waals surface area contributed by atoms with Crippen LogP contribution in [0, 0.1) is 0 Å². The van der Waals surface area contributed by atoms with E-state index in [1.165, 1.54) is 0 Å². The summed E-state index contributed by atoms with van der Waals surface area (Å²) in [4.78, 5) is 18.2. The van der Waals surface area contributed by atoms with Crippen molar-refractivity contribution in [3.05, 3.63) is 70.1 Å². The number of halogens is 3. The molecule has 1 fully saturated rings. The molecule has 2 aromatic rings. The molecule has 3 rings (SSSR count). The Labute approximate surface area is 186 Å². The largest absolute Gasteiger partial charge is 0.416 e. The van der Waals surface area contributed by atoms with E-state index in [2.05, 4.69) is 20.5 Å². The first kappa shape index (κ1) is 23.8. The molecule has 0 aliphatic carbocycles. The normalized spacial score (nSPS) is 17.5. The number of aromatic nitrogens is 1. The van der Waals surface area contributed by atoms with Gasteiger partial charge in [0.05, 0.1) is 5.56 Å². The molecule has 0 saturated carbocycles. The molecule has 32 heavy (non-hydrogen) atoms. The second-order valence-electron chi connectivity index (χ2n) is 8.00. The molecule has 1 atom stereocenters. The van der Waals surface area contributed by atoms with Crippen molar-refractivity contribution in [3.8, 4) is 0 Å². The SMILES string of the molecule is CN=C(NCCCCn1ccccc1=O)NC1CCN(Cc2ccc(C(F)(F)F)cc2)C1.